The van der Waals surface area contributed by atoms with Gasteiger partial charge in [-0.05, 0) is 55.0 Å². The second kappa shape index (κ2) is 11.4. The summed E-state index contributed by atoms with van der Waals surface area (Å²) in [6.07, 6.45) is 0.653. The maximum atomic E-state index is 13.0. The summed E-state index contributed by atoms with van der Waals surface area (Å²) >= 11 is 9.08. The number of rotatable bonds is 9. The SMILES string of the molecule is CCC(Sc1nnc(CSc2ccccc2)n1-c1ccccc1)C(=O)Nc1ccc(Cl)cc1. The van der Waals surface area contributed by atoms with Gasteiger partial charge in [0.2, 0.25) is 5.91 Å². The number of halogens is 1. The third kappa shape index (κ3) is 6.19. The third-order valence-electron chi connectivity index (χ3n) is 4.85. The van der Waals surface area contributed by atoms with Crippen LogP contribution >= 0.6 is 35.1 Å². The number of nitrogens with zero attached hydrogens (tertiary/aromatic N) is 3. The molecule has 0 spiro atoms. The first-order chi connectivity index (χ1) is 16.1. The number of amides is 1. The van der Waals surface area contributed by atoms with Crippen LogP contribution in [0.2, 0.25) is 5.02 Å². The second-order valence-electron chi connectivity index (χ2n) is 7.18. The Labute approximate surface area is 207 Å². The van der Waals surface area contributed by atoms with Gasteiger partial charge < -0.3 is 5.32 Å². The Balaban J connectivity index is 1.56. The van der Waals surface area contributed by atoms with E-state index in [0.29, 0.717) is 28.0 Å². The Morgan fingerprint density at radius 3 is 2.30 bits per heavy atom. The van der Waals surface area contributed by atoms with Gasteiger partial charge in [0, 0.05) is 21.3 Å². The topological polar surface area (TPSA) is 59.8 Å². The quantitative estimate of drug-likeness (QED) is 0.261. The van der Waals surface area contributed by atoms with E-state index in [1.54, 1.807) is 36.0 Å². The minimum Gasteiger partial charge on any atom is -0.325 e. The maximum absolute atomic E-state index is 13.0. The van der Waals surface area contributed by atoms with E-state index < -0.39 is 0 Å². The Hall–Kier alpha value is -2.74. The van der Waals surface area contributed by atoms with E-state index >= 15 is 0 Å². The molecule has 1 heterocycles. The molecule has 5 nitrogen and oxygen atoms in total. The second-order valence-corrected chi connectivity index (χ2v) is 9.84. The molecule has 3 aromatic carbocycles. The van der Waals surface area contributed by atoms with Crippen molar-refractivity contribution < 1.29 is 4.79 Å². The molecule has 1 atom stereocenters. The standard InChI is InChI=1S/C25H23ClN4OS2/c1-2-22(24(31)27-19-15-13-18(26)14-16-19)33-25-29-28-23(17-32-21-11-7-4-8-12-21)30(25)20-9-5-3-6-10-20/h3-16,22H,2,17H2,1H3,(H,27,31). The fraction of sp³-hybridized carbons (Fsp3) is 0.160. The largest absolute Gasteiger partial charge is 0.325 e. The molecule has 0 aliphatic carbocycles. The zero-order chi connectivity index (χ0) is 23.0. The molecular weight excluding hydrogens is 472 g/mol. The van der Waals surface area contributed by atoms with E-state index in [1.807, 2.05) is 60.0 Å². The Kier molecular flexibility index (Phi) is 8.10. The fourth-order valence-electron chi connectivity index (χ4n) is 3.18. The van der Waals surface area contributed by atoms with Gasteiger partial charge in [-0.2, -0.15) is 0 Å². The molecule has 0 saturated carbocycles. The highest BCUT2D eigenvalue weighted by molar-refractivity contribution is 8.00. The fourth-order valence-corrected chi connectivity index (χ4v) is 5.13. The summed E-state index contributed by atoms with van der Waals surface area (Å²) in [4.78, 5) is 14.1. The van der Waals surface area contributed by atoms with Crippen molar-refractivity contribution in [3.8, 4) is 5.69 Å². The maximum Gasteiger partial charge on any atom is 0.237 e. The van der Waals surface area contributed by atoms with E-state index in [1.165, 1.54) is 16.7 Å². The summed E-state index contributed by atoms with van der Waals surface area (Å²) in [5.41, 5.74) is 1.69. The first-order valence-electron chi connectivity index (χ1n) is 10.5. The lowest BCUT2D eigenvalue weighted by Gasteiger charge is -2.16. The van der Waals surface area contributed by atoms with E-state index in [-0.39, 0.29) is 11.2 Å². The number of nitrogens with one attached hydrogen (secondary N) is 1. The molecule has 33 heavy (non-hydrogen) atoms. The number of benzene rings is 3. The van der Waals surface area contributed by atoms with Crippen molar-refractivity contribution in [1.29, 1.82) is 0 Å². The molecule has 0 saturated heterocycles. The highest BCUT2D eigenvalue weighted by atomic mass is 35.5. The molecule has 1 N–H and O–H groups in total. The molecule has 0 fully saturated rings. The van der Waals surface area contributed by atoms with Crippen LogP contribution in [0.25, 0.3) is 5.69 Å². The normalized spacial score (nSPS) is 11.8. The average Bonchev–Trinajstić information content (AvgIpc) is 3.26. The zero-order valence-corrected chi connectivity index (χ0v) is 20.4. The molecule has 0 bridgehead atoms. The molecule has 1 amide bonds. The summed E-state index contributed by atoms with van der Waals surface area (Å²) < 4.78 is 2.04. The predicted molar refractivity (Wildman–Crippen MR) is 137 cm³/mol. The van der Waals surface area contributed by atoms with E-state index in [4.69, 9.17) is 11.6 Å². The first-order valence-corrected chi connectivity index (χ1v) is 12.8. The van der Waals surface area contributed by atoms with Gasteiger partial charge in [-0.25, -0.2) is 0 Å². The number of aromatic nitrogens is 3. The monoisotopic (exact) mass is 494 g/mol. The van der Waals surface area contributed by atoms with Gasteiger partial charge in [0.25, 0.3) is 0 Å². The Morgan fingerprint density at radius 1 is 0.970 bits per heavy atom. The van der Waals surface area contributed by atoms with Crippen molar-refractivity contribution >= 4 is 46.7 Å². The van der Waals surface area contributed by atoms with Crippen molar-refractivity contribution in [1.82, 2.24) is 14.8 Å². The van der Waals surface area contributed by atoms with Crippen LogP contribution < -0.4 is 5.32 Å². The summed E-state index contributed by atoms with van der Waals surface area (Å²) in [5, 5.41) is 12.9. The average molecular weight is 495 g/mol. The predicted octanol–water partition coefficient (Wildman–Crippen LogP) is 6.72. The summed E-state index contributed by atoms with van der Waals surface area (Å²) in [7, 11) is 0. The number of hydrogen-bond acceptors (Lipinski definition) is 5. The molecule has 0 aliphatic heterocycles. The zero-order valence-electron chi connectivity index (χ0n) is 18.0. The van der Waals surface area contributed by atoms with Crippen LogP contribution in [0.4, 0.5) is 5.69 Å². The van der Waals surface area contributed by atoms with Crippen molar-refractivity contribution in [3.05, 3.63) is 95.8 Å². The van der Waals surface area contributed by atoms with Crippen LogP contribution in [0.3, 0.4) is 0 Å². The molecule has 0 aliphatic rings. The molecule has 0 radical (unpaired) electrons. The summed E-state index contributed by atoms with van der Waals surface area (Å²) in [6, 6.07) is 27.3. The van der Waals surface area contributed by atoms with Crippen LogP contribution in [0.1, 0.15) is 19.2 Å². The van der Waals surface area contributed by atoms with Gasteiger partial charge >= 0.3 is 0 Å². The highest BCUT2D eigenvalue weighted by Crippen LogP contribution is 2.31. The van der Waals surface area contributed by atoms with Crippen LogP contribution in [-0.2, 0) is 10.5 Å². The molecule has 1 aromatic heterocycles. The van der Waals surface area contributed by atoms with Crippen molar-refractivity contribution in [2.75, 3.05) is 5.32 Å². The number of anilines is 1. The van der Waals surface area contributed by atoms with E-state index in [0.717, 1.165) is 11.5 Å². The minimum absolute atomic E-state index is 0.0763. The van der Waals surface area contributed by atoms with Crippen molar-refractivity contribution in [3.63, 3.8) is 0 Å². The number of carbonyl (C=O) groups excluding carboxylic acids is 1. The van der Waals surface area contributed by atoms with Crippen LogP contribution in [0.15, 0.2) is 95.0 Å². The van der Waals surface area contributed by atoms with Crippen molar-refractivity contribution in [2.45, 2.75) is 34.4 Å². The summed E-state index contributed by atoms with van der Waals surface area (Å²) in [5.74, 6) is 1.43. The van der Waals surface area contributed by atoms with Gasteiger partial charge in [0.15, 0.2) is 5.16 Å². The number of carbonyl (C=O) groups is 1. The molecule has 1 unspecified atom stereocenters. The molecular formula is C25H23ClN4OS2. The lowest BCUT2D eigenvalue weighted by Crippen LogP contribution is -2.25. The summed E-state index contributed by atoms with van der Waals surface area (Å²) in [6.45, 7) is 1.99. The van der Waals surface area contributed by atoms with Crippen LogP contribution in [-0.4, -0.2) is 25.9 Å². The number of para-hydroxylation sites is 1. The molecule has 4 rings (SSSR count). The first kappa shape index (κ1) is 23.4. The van der Waals surface area contributed by atoms with Gasteiger partial charge in [-0.3, -0.25) is 9.36 Å². The number of thioether (sulfide) groups is 2. The van der Waals surface area contributed by atoms with Gasteiger partial charge in [-0.1, -0.05) is 66.7 Å². The Morgan fingerprint density at radius 2 is 1.64 bits per heavy atom. The van der Waals surface area contributed by atoms with Crippen LogP contribution in [0.5, 0.6) is 0 Å². The number of hydrogen-bond donors (Lipinski definition) is 1. The van der Waals surface area contributed by atoms with E-state index in [2.05, 4.69) is 27.6 Å². The van der Waals surface area contributed by atoms with E-state index in [9.17, 15) is 4.79 Å². The smallest absolute Gasteiger partial charge is 0.237 e. The highest BCUT2D eigenvalue weighted by Gasteiger charge is 2.23. The molecule has 4 aromatic rings. The molecule has 8 heteroatoms. The van der Waals surface area contributed by atoms with Crippen LogP contribution in [0, 0.1) is 0 Å². The molecule has 168 valence electrons. The van der Waals surface area contributed by atoms with Gasteiger partial charge in [0.05, 0.1) is 11.0 Å². The lowest BCUT2D eigenvalue weighted by atomic mass is 10.3. The van der Waals surface area contributed by atoms with Crippen molar-refractivity contribution in [2.24, 2.45) is 0 Å². The lowest BCUT2D eigenvalue weighted by molar-refractivity contribution is -0.115. The Bertz CT molecular complexity index is 1180. The third-order valence-corrected chi connectivity index (χ3v) is 7.42. The van der Waals surface area contributed by atoms with Gasteiger partial charge in [0.1, 0.15) is 5.82 Å². The minimum atomic E-state index is -0.318. The van der Waals surface area contributed by atoms with Gasteiger partial charge in [-0.15, -0.1) is 22.0 Å².